The number of nitrogens with zero attached hydrogens (tertiary/aromatic N) is 4. The van der Waals surface area contributed by atoms with Crippen LogP contribution in [-0.4, -0.2) is 24.5 Å². The van der Waals surface area contributed by atoms with E-state index in [1.54, 1.807) is 18.6 Å². The Morgan fingerprint density at radius 2 is 1.79 bits per heavy atom. The quantitative estimate of drug-likeness (QED) is 0.412. The van der Waals surface area contributed by atoms with Crippen LogP contribution in [0.3, 0.4) is 0 Å². The average Bonchev–Trinajstić information content (AvgIpc) is 3.24. The molecule has 5 aromatic rings. The van der Waals surface area contributed by atoms with Crippen molar-refractivity contribution in [3.63, 3.8) is 0 Å². The highest BCUT2D eigenvalue weighted by atomic mass is 16.1. The molecule has 0 radical (unpaired) electrons. The van der Waals surface area contributed by atoms with Gasteiger partial charge in [-0.2, -0.15) is 0 Å². The van der Waals surface area contributed by atoms with Crippen molar-refractivity contribution in [3.8, 4) is 0 Å². The summed E-state index contributed by atoms with van der Waals surface area (Å²) in [5.74, 6) is -0.0458. The van der Waals surface area contributed by atoms with Crippen LogP contribution in [0.2, 0.25) is 0 Å². The van der Waals surface area contributed by atoms with Gasteiger partial charge in [0.15, 0.2) is 11.3 Å². The number of pyridine rings is 1. The highest BCUT2D eigenvalue weighted by Crippen LogP contribution is 2.50. The van der Waals surface area contributed by atoms with Crippen LogP contribution in [-0.2, 0) is 5.54 Å². The second-order valence-corrected chi connectivity index (χ2v) is 8.64. The number of aromatic amines is 1. The predicted molar refractivity (Wildman–Crippen MR) is 134 cm³/mol. The van der Waals surface area contributed by atoms with Gasteiger partial charge >= 0.3 is 5.69 Å². The van der Waals surface area contributed by atoms with Crippen molar-refractivity contribution in [1.29, 1.82) is 0 Å². The lowest BCUT2D eigenvalue weighted by Crippen LogP contribution is -2.45. The molecule has 1 N–H and O–H groups in total. The van der Waals surface area contributed by atoms with Gasteiger partial charge in [0.05, 0.1) is 11.1 Å². The number of allylic oxidation sites excluding steroid dienone is 4. The first-order chi connectivity index (χ1) is 16.7. The van der Waals surface area contributed by atoms with Gasteiger partial charge in [-0.15, -0.1) is 0 Å². The second-order valence-electron chi connectivity index (χ2n) is 8.64. The Morgan fingerprint density at radius 1 is 0.941 bits per heavy atom. The average molecular weight is 446 g/mol. The molecule has 2 atom stereocenters. The summed E-state index contributed by atoms with van der Waals surface area (Å²) in [5, 5.41) is 1.05. The van der Waals surface area contributed by atoms with Crippen LogP contribution in [0.1, 0.15) is 30.4 Å². The summed E-state index contributed by atoms with van der Waals surface area (Å²) in [7, 11) is 0. The molecule has 3 heterocycles. The summed E-state index contributed by atoms with van der Waals surface area (Å²) >= 11 is 0. The van der Waals surface area contributed by atoms with Gasteiger partial charge < -0.3 is 0 Å². The Balaban J connectivity index is 1.72. The predicted octanol–water partition coefficient (Wildman–Crippen LogP) is 5.21. The summed E-state index contributed by atoms with van der Waals surface area (Å²) in [4.78, 5) is 30.1. The fraction of sp³-hybridized carbons (Fsp3) is 0.143. The molecule has 34 heavy (non-hydrogen) atoms. The maximum Gasteiger partial charge on any atom is 0.329 e. The van der Waals surface area contributed by atoms with Gasteiger partial charge in [-0.25, -0.2) is 14.8 Å². The standard InChI is InChI=1S/C28H23N5O/c1-19(20-9-3-2-4-10-20)28(33-26-25(32-27(33)34)30-17-18-31-26)15-6-5-13-23(28)21-11-7-14-24-22(21)12-8-16-29-24/h2-14,16-19H,15H2,1H3,(H,30,32,34)/t19?,28-/m1/s1. The van der Waals surface area contributed by atoms with Crippen LogP contribution in [0.5, 0.6) is 0 Å². The van der Waals surface area contributed by atoms with Crippen LogP contribution < -0.4 is 5.69 Å². The monoisotopic (exact) mass is 445 g/mol. The van der Waals surface area contributed by atoms with E-state index in [4.69, 9.17) is 0 Å². The van der Waals surface area contributed by atoms with Crippen molar-refractivity contribution in [2.45, 2.75) is 24.8 Å². The summed E-state index contributed by atoms with van der Waals surface area (Å²) in [6.45, 7) is 2.19. The van der Waals surface area contributed by atoms with Gasteiger partial charge in [-0.05, 0) is 35.3 Å². The summed E-state index contributed by atoms with van der Waals surface area (Å²) in [6, 6.07) is 20.6. The minimum atomic E-state index is -0.731. The Hall–Kier alpha value is -4.32. The highest BCUT2D eigenvalue weighted by Gasteiger charge is 2.45. The number of hydrogen-bond acceptors (Lipinski definition) is 4. The number of imidazole rings is 1. The van der Waals surface area contributed by atoms with Crippen molar-refractivity contribution in [1.82, 2.24) is 24.5 Å². The fourth-order valence-electron chi connectivity index (χ4n) is 5.37. The molecule has 1 aliphatic carbocycles. The second kappa shape index (κ2) is 7.92. The van der Waals surface area contributed by atoms with Gasteiger partial charge in [0.1, 0.15) is 0 Å². The van der Waals surface area contributed by atoms with E-state index in [0.29, 0.717) is 17.7 Å². The molecule has 6 nitrogen and oxygen atoms in total. The summed E-state index contributed by atoms with van der Waals surface area (Å²) in [5.41, 5.74) is 4.27. The number of nitrogens with one attached hydrogen (secondary N) is 1. The molecular formula is C28H23N5O. The molecule has 0 aliphatic heterocycles. The van der Waals surface area contributed by atoms with Crippen molar-refractivity contribution in [2.75, 3.05) is 0 Å². The zero-order chi connectivity index (χ0) is 23.1. The molecule has 6 heteroatoms. The molecule has 3 aromatic heterocycles. The Bertz CT molecular complexity index is 1620. The van der Waals surface area contributed by atoms with Gasteiger partial charge in [0, 0.05) is 29.9 Å². The van der Waals surface area contributed by atoms with E-state index in [9.17, 15) is 4.79 Å². The Labute approximate surface area is 196 Å². The summed E-state index contributed by atoms with van der Waals surface area (Å²) < 4.78 is 1.82. The zero-order valence-corrected chi connectivity index (χ0v) is 18.7. The Morgan fingerprint density at radius 3 is 2.68 bits per heavy atom. The number of hydrogen-bond donors (Lipinski definition) is 1. The van der Waals surface area contributed by atoms with E-state index in [1.165, 1.54) is 0 Å². The topological polar surface area (TPSA) is 76.5 Å². The van der Waals surface area contributed by atoms with E-state index in [1.807, 2.05) is 41.0 Å². The normalized spacial score (nSPS) is 18.8. The van der Waals surface area contributed by atoms with Crippen molar-refractivity contribution in [3.05, 3.63) is 119 Å². The van der Waals surface area contributed by atoms with Crippen LogP contribution >= 0.6 is 0 Å². The zero-order valence-electron chi connectivity index (χ0n) is 18.7. The van der Waals surface area contributed by atoms with Crippen LogP contribution in [0.4, 0.5) is 0 Å². The maximum atomic E-state index is 13.6. The third-order valence-electron chi connectivity index (χ3n) is 6.96. The number of benzene rings is 2. The minimum Gasteiger partial charge on any atom is -0.289 e. The smallest absolute Gasteiger partial charge is 0.289 e. The van der Waals surface area contributed by atoms with Gasteiger partial charge in [-0.3, -0.25) is 14.5 Å². The van der Waals surface area contributed by atoms with Crippen LogP contribution in [0.15, 0.2) is 102 Å². The fourth-order valence-corrected chi connectivity index (χ4v) is 5.37. The molecule has 166 valence electrons. The van der Waals surface area contributed by atoms with E-state index >= 15 is 0 Å². The van der Waals surface area contributed by atoms with E-state index in [0.717, 1.165) is 27.6 Å². The van der Waals surface area contributed by atoms with E-state index in [-0.39, 0.29) is 11.6 Å². The SMILES string of the molecule is CC(c1ccccc1)[C@]1(n2c(=O)[nH]c3nccnc32)CC=CC=C1c1cccc2ncccc12. The van der Waals surface area contributed by atoms with Crippen LogP contribution in [0, 0.1) is 0 Å². The first-order valence-corrected chi connectivity index (χ1v) is 11.4. The molecule has 1 aliphatic rings. The molecular weight excluding hydrogens is 422 g/mol. The lowest BCUT2D eigenvalue weighted by atomic mass is 9.68. The minimum absolute atomic E-state index is 0.0458. The molecule has 0 amide bonds. The number of H-pyrrole nitrogens is 1. The van der Waals surface area contributed by atoms with Crippen molar-refractivity contribution in [2.24, 2.45) is 0 Å². The number of fused-ring (bicyclic) bond motifs is 2. The van der Waals surface area contributed by atoms with Crippen molar-refractivity contribution < 1.29 is 0 Å². The third-order valence-corrected chi connectivity index (χ3v) is 6.96. The largest absolute Gasteiger partial charge is 0.329 e. The summed E-state index contributed by atoms with van der Waals surface area (Å²) in [6.07, 6.45) is 12.0. The van der Waals surface area contributed by atoms with Crippen LogP contribution in [0.25, 0.3) is 27.8 Å². The molecule has 2 aromatic carbocycles. The molecule has 6 rings (SSSR count). The van der Waals surface area contributed by atoms with Crippen molar-refractivity contribution >= 4 is 27.8 Å². The first-order valence-electron chi connectivity index (χ1n) is 11.4. The van der Waals surface area contributed by atoms with Gasteiger partial charge in [0.2, 0.25) is 0 Å². The third kappa shape index (κ3) is 2.95. The molecule has 0 saturated carbocycles. The van der Waals surface area contributed by atoms with E-state index < -0.39 is 5.54 Å². The number of rotatable bonds is 4. The van der Waals surface area contributed by atoms with Gasteiger partial charge in [-0.1, -0.05) is 73.7 Å². The molecule has 0 saturated heterocycles. The Kier molecular flexibility index (Phi) is 4.73. The van der Waals surface area contributed by atoms with E-state index in [2.05, 4.69) is 69.4 Å². The number of aromatic nitrogens is 5. The van der Waals surface area contributed by atoms with Gasteiger partial charge in [0.25, 0.3) is 0 Å². The maximum absolute atomic E-state index is 13.6. The molecule has 0 bridgehead atoms. The molecule has 0 fully saturated rings. The molecule has 1 unspecified atom stereocenters. The first kappa shape index (κ1) is 20.3. The lowest BCUT2D eigenvalue weighted by Gasteiger charge is -2.43. The highest BCUT2D eigenvalue weighted by molar-refractivity contribution is 5.94. The molecule has 0 spiro atoms. The lowest BCUT2D eigenvalue weighted by molar-refractivity contribution is 0.326.